The normalized spacial score (nSPS) is 12.0. The largest absolute Gasteiger partial charge is 0.468 e. The van der Waals surface area contributed by atoms with E-state index < -0.39 is 22.0 Å². The monoisotopic (exact) mass is 276 g/mol. The Kier molecular flexibility index (Phi) is 7.18. The van der Waals surface area contributed by atoms with Crippen molar-refractivity contribution in [1.29, 1.82) is 0 Å². The molecule has 0 aromatic heterocycles. The lowest BCUT2D eigenvalue weighted by Gasteiger charge is -2.11. The summed E-state index contributed by atoms with van der Waals surface area (Å²) in [4.78, 5) is 11.2. The molecule has 0 radical (unpaired) electrons. The van der Waals surface area contributed by atoms with Crippen molar-refractivity contribution in [3.05, 3.63) is 35.9 Å². The highest BCUT2D eigenvalue weighted by atomic mass is 32.2. The molecular formula is C11H16O6S. The van der Waals surface area contributed by atoms with Gasteiger partial charge in [0.2, 0.25) is 0 Å². The lowest BCUT2D eigenvalue weighted by Crippen LogP contribution is -2.17. The third kappa shape index (κ3) is 7.77. The quantitative estimate of drug-likeness (QED) is 0.613. The maximum absolute atomic E-state index is 11.2. The number of carbonyl (C=O) groups is 1. The van der Waals surface area contributed by atoms with Gasteiger partial charge in [-0.25, -0.2) is 0 Å². The summed E-state index contributed by atoms with van der Waals surface area (Å²) in [5.74, 6) is -0.972. The summed E-state index contributed by atoms with van der Waals surface area (Å²) in [5.41, 5.74) is 0.775. The molecule has 0 saturated heterocycles. The zero-order valence-corrected chi connectivity index (χ0v) is 10.9. The molecule has 0 aliphatic carbocycles. The van der Waals surface area contributed by atoms with Gasteiger partial charge in [-0.2, -0.15) is 8.42 Å². The van der Waals surface area contributed by atoms with Crippen molar-refractivity contribution in [3.63, 3.8) is 0 Å². The Morgan fingerprint density at radius 3 is 2.11 bits per heavy atom. The Labute approximate surface area is 106 Å². The second-order valence-corrected chi connectivity index (χ2v) is 4.87. The van der Waals surface area contributed by atoms with E-state index in [0.29, 0.717) is 6.26 Å². The van der Waals surface area contributed by atoms with E-state index in [9.17, 15) is 13.2 Å². The van der Waals surface area contributed by atoms with Crippen LogP contribution in [0.1, 0.15) is 11.5 Å². The molecule has 1 aromatic carbocycles. The fraction of sp³-hybridized carbons (Fsp3) is 0.364. The molecule has 7 heteroatoms. The number of hydrogen-bond acceptors (Lipinski definition) is 5. The van der Waals surface area contributed by atoms with Crippen molar-refractivity contribution < 1.29 is 27.6 Å². The number of ether oxygens (including phenoxy) is 1. The molecular weight excluding hydrogens is 260 g/mol. The van der Waals surface area contributed by atoms with E-state index in [-0.39, 0.29) is 6.61 Å². The highest BCUT2D eigenvalue weighted by molar-refractivity contribution is 7.85. The Morgan fingerprint density at radius 1 is 1.33 bits per heavy atom. The van der Waals surface area contributed by atoms with Crippen LogP contribution >= 0.6 is 0 Å². The lowest BCUT2D eigenvalue weighted by molar-refractivity contribution is -0.143. The number of aliphatic hydroxyl groups excluding tert-OH is 1. The van der Waals surface area contributed by atoms with Crippen molar-refractivity contribution in [2.45, 2.75) is 5.92 Å². The summed E-state index contributed by atoms with van der Waals surface area (Å²) in [6.07, 6.45) is 0.715. The van der Waals surface area contributed by atoms with Crippen LogP contribution in [0.5, 0.6) is 0 Å². The summed E-state index contributed by atoms with van der Waals surface area (Å²) in [6, 6.07) is 9.08. The SMILES string of the molecule is COC(=O)C(CO)c1ccccc1.CS(=O)(=O)O. The molecule has 0 amide bonds. The van der Waals surface area contributed by atoms with Gasteiger partial charge >= 0.3 is 5.97 Å². The molecule has 0 heterocycles. The van der Waals surface area contributed by atoms with Crippen LogP contribution in [0, 0.1) is 0 Å². The van der Waals surface area contributed by atoms with E-state index in [2.05, 4.69) is 4.74 Å². The summed E-state index contributed by atoms with van der Waals surface area (Å²) in [7, 11) is -2.35. The van der Waals surface area contributed by atoms with Gasteiger partial charge in [0.05, 0.1) is 20.0 Å². The van der Waals surface area contributed by atoms with E-state index in [1.807, 2.05) is 18.2 Å². The van der Waals surface area contributed by atoms with Crippen molar-refractivity contribution >= 4 is 16.1 Å². The molecule has 1 atom stereocenters. The molecule has 18 heavy (non-hydrogen) atoms. The fourth-order valence-electron chi connectivity index (χ4n) is 1.14. The van der Waals surface area contributed by atoms with Crippen molar-refractivity contribution in [2.24, 2.45) is 0 Å². The van der Waals surface area contributed by atoms with Crippen LogP contribution in [0.25, 0.3) is 0 Å². The first kappa shape index (κ1) is 16.6. The van der Waals surface area contributed by atoms with Crippen LogP contribution < -0.4 is 0 Å². The molecule has 0 aliphatic rings. The average molecular weight is 276 g/mol. The molecule has 0 bridgehead atoms. The van der Waals surface area contributed by atoms with Gasteiger partial charge in [0.25, 0.3) is 10.1 Å². The Hall–Kier alpha value is -1.44. The standard InChI is InChI=1S/C10H12O3.CH4O3S/c1-13-10(12)9(7-11)8-5-3-2-4-6-8;1-5(2,3)4/h2-6,9,11H,7H2,1H3;1H3,(H,2,3,4). The van der Waals surface area contributed by atoms with E-state index >= 15 is 0 Å². The van der Waals surface area contributed by atoms with Gasteiger partial charge < -0.3 is 9.84 Å². The molecule has 0 fully saturated rings. The number of methoxy groups -OCH3 is 1. The Morgan fingerprint density at radius 2 is 1.78 bits per heavy atom. The van der Waals surface area contributed by atoms with Gasteiger partial charge in [-0.05, 0) is 5.56 Å². The first-order valence-electron chi connectivity index (χ1n) is 4.95. The second-order valence-electron chi connectivity index (χ2n) is 3.40. The highest BCUT2D eigenvalue weighted by Gasteiger charge is 2.19. The average Bonchev–Trinajstić information content (AvgIpc) is 2.29. The highest BCUT2D eigenvalue weighted by Crippen LogP contribution is 2.15. The van der Waals surface area contributed by atoms with Crippen molar-refractivity contribution in [2.75, 3.05) is 20.0 Å². The first-order chi connectivity index (χ1) is 8.29. The third-order valence-electron chi connectivity index (χ3n) is 1.87. The molecule has 6 nitrogen and oxygen atoms in total. The minimum absolute atomic E-state index is 0.226. The van der Waals surface area contributed by atoms with E-state index in [1.54, 1.807) is 12.1 Å². The maximum atomic E-state index is 11.2. The zero-order valence-electron chi connectivity index (χ0n) is 10.1. The summed E-state index contributed by atoms with van der Waals surface area (Å²) >= 11 is 0. The predicted molar refractivity (Wildman–Crippen MR) is 65.8 cm³/mol. The van der Waals surface area contributed by atoms with Crippen LogP contribution in [-0.4, -0.2) is 44.0 Å². The molecule has 2 N–H and O–H groups in total. The smallest absolute Gasteiger partial charge is 0.315 e. The number of esters is 1. The molecule has 102 valence electrons. The molecule has 0 spiro atoms. The van der Waals surface area contributed by atoms with E-state index in [0.717, 1.165) is 5.56 Å². The number of carbonyl (C=O) groups excluding carboxylic acids is 1. The zero-order chi connectivity index (χ0) is 14.2. The van der Waals surface area contributed by atoms with E-state index in [1.165, 1.54) is 7.11 Å². The molecule has 0 saturated carbocycles. The van der Waals surface area contributed by atoms with Crippen molar-refractivity contribution in [1.82, 2.24) is 0 Å². The minimum Gasteiger partial charge on any atom is -0.468 e. The predicted octanol–water partition coefficient (Wildman–Crippen LogP) is 0.439. The van der Waals surface area contributed by atoms with Crippen LogP contribution in [0.2, 0.25) is 0 Å². The molecule has 1 aromatic rings. The fourth-order valence-corrected chi connectivity index (χ4v) is 1.14. The molecule has 1 unspecified atom stereocenters. The molecule has 1 rings (SSSR count). The number of aliphatic hydroxyl groups is 1. The Balaban J connectivity index is 0.000000494. The summed E-state index contributed by atoms with van der Waals surface area (Å²) in [6.45, 7) is -0.226. The second kappa shape index (κ2) is 7.80. The van der Waals surface area contributed by atoms with Gasteiger partial charge in [-0.1, -0.05) is 30.3 Å². The van der Waals surface area contributed by atoms with Crippen LogP contribution in [0.3, 0.4) is 0 Å². The number of benzene rings is 1. The summed E-state index contributed by atoms with van der Waals surface area (Å²) in [5, 5.41) is 8.98. The van der Waals surface area contributed by atoms with Crippen LogP contribution in [-0.2, 0) is 19.6 Å². The number of hydrogen-bond donors (Lipinski definition) is 2. The first-order valence-corrected chi connectivity index (χ1v) is 6.80. The molecule has 0 aliphatic heterocycles. The van der Waals surface area contributed by atoms with Crippen molar-refractivity contribution in [3.8, 4) is 0 Å². The van der Waals surface area contributed by atoms with Gasteiger partial charge in [0.1, 0.15) is 5.92 Å². The van der Waals surface area contributed by atoms with Gasteiger partial charge in [0.15, 0.2) is 0 Å². The maximum Gasteiger partial charge on any atom is 0.315 e. The summed E-state index contributed by atoms with van der Waals surface area (Å²) < 4.78 is 30.4. The third-order valence-corrected chi connectivity index (χ3v) is 1.87. The Bertz CT molecular complexity index is 446. The van der Waals surface area contributed by atoms with Gasteiger partial charge in [0, 0.05) is 0 Å². The van der Waals surface area contributed by atoms with Crippen LogP contribution in [0.15, 0.2) is 30.3 Å². The lowest BCUT2D eigenvalue weighted by atomic mass is 10.0. The van der Waals surface area contributed by atoms with Gasteiger partial charge in [-0.3, -0.25) is 9.35 Å². The topological polar surface area (TPSA) is 101 Å². The van der Waals surface area contributed by atoms with E-state index in [4.69, 9.17) is 9.66 Å². The minimum atomic E-state index is -3.67. The van der Waals surface area contributed by atoms with Crippen LogP contribution in [0.4, 0.5) is 0 Å². The van der Waals surface area contributed by atoms with Gasteiger partial charge in [-0.15, -0.1) is 0 Å². The number of rotatable bonds is 3.